The van der Waals surface area contributed by atoms with Gasteiger partial charge in [-0.2, -0.15) is 0 Å². The number of pyridine rings is 1. The fourth-order valence-electron chi connectivity index (χ4n) is 2.63. The maximum Gasteiger partial charge on any atom is 0.321 e. The Morgan fingerprint density at radius 3 is 2.87 bits per heavy atom. The largest absolute Gasteiger partial charge is 0.472 e. The second kappa shape index (κ2) is 6.69. The third-order valence-corrected chi connectivity index (χ3v) is 3.87. The van der Waals surface area contributed by atoms with E-state index in [1.165, 1.54) is 0 Å². The number of anilines is 1. The van der Waals surface area contributed by atoms with E-state index in [0.717, 1.165) is 23.2 Å². The van der Waals surface area contributed by atoms with Gasteiger partial charge in [-0.25, -0.2) is 9.78 Å². The van der Waals surface area contributed by atoms with E-state index < -0.39 is 0 Å². The van der Waals surface area contributed by atoms with E-state index in [4.69, 9.17) is 4.74 Å². The number of urea groups is 1. The van der Waals surface area contributed by atoms with Crippen molar-refractivity contribution in [3.05, 3.63) is 53.7 Å². The van der Waals surface area contributed by atoms with E-state index in [1.54, 1.807) is 11.1 Å². The summed E-state index contributed by atoms with van der Waals surface area (Å²) >= 11 is 0. The Balaban J connectivity index is 1.54. The molecule has 2 amide bonds. The first-order valence-corrected chi connectivity index (χ1v) is 7.82. The van der Waals surface area contributed by atoms with Crippen molar-refractivity contribution >= 4 is 11.7 Å². The van der Waals surface area contributed by atoms with Gasteiger partial charge in [0.05, 0.1) is 6.54 Å². The van der Waals surface area contributed by atoms with Crippen LogP contribution in [-0.2, 0) is 0 Å². The zero-order valence-corrected chi connectivity index (χ0v) is 13.5. The van der Waals surface area contributed by atoms with E-state index in [9.17, 15) is 4.79 Å². The van der Waals surface area contributed by atoms with E-state index in [1.807, 2.05) is 50.2 Å². The predicted octanol–water partition coefficient (Wildman–Crippen LogP) is 3.38. The highest BCUT2D eigenvalue weighted by molar-refractivity contribution is 5.89. The summed E-state index contributed by atoms with van der Waals surface area (Å²) in [5.41, 5.74) is 3.04. The van der Waals surface area contributed by atoms with Crippen molar-refractivity contribution in [2.75, 3.05) is 18.4 Å². The molecular weight excluding hydrogens is 290 g/mol. The highest BCUT2D eigenvalue weighted by atomic mass is 16.5. The van der Waals surface area contributed by atoms with Crippen LogP contribution in [0, 0.1) is 13.8 Å². The minimum absolute atomic E-state index is 0.00605. The molecule has 2 aromatic rings. The van der Waals surface area contributed by atoms with Gasteiger partial charge >= 0.3 is 6.03 Å². The van der Waals surface area contributed by atoms with Gasteiger partial charge in [0.2, 0.25) is 5.88 Å². The lowest BCUT2D eigenvalue weighted by Crippen LogP contribution is -2.34. The van der Waals surface area contributed by atoms with Crippen LogP contribution in [0.15, 0.2) is 42.6 Å². The van der Waals surface area contributed by atoms with Crippen LogP contribution in [0.2, 0.25) is 0 Å². The zero-order valence-electron chi connectivity index (χ0n) is 13.5. The van der Waals surface area contributed by atoms with Crippen molar-refractivity contribution in [2.45, 2.75) is 26.4 Å². The number of carbonyl (C=O) groups is 1. The first-order chi connectivity index (χ1) is 11.1. The topological polar surface area (TPSA) is 54.5 Å². The third kappa shape index (κ3) is 4.00. The first kappa shape index (κ1) is 15.3. The summed E-state index contributed by atoms with van der Waals surface area (Å²) in [4.78, 5) is 18.3. The van der Waals surface area contributed by atoms with E-state index >= 15 is 0 Å². The summed E-state index contributed by atoms with van der Waals surface area (Å²) in [6.45, 7) is 5.26. The Labute approximate surface area is 136 Å². The molecule has 0 spiro atoms. The molecule has 1 atom stereocenters. The highest BCUT2D eigenvalue weighted by Gasteiger charge is 2.27. The van der Waals surface area contributed by atoms with Gasteiger partial charge in [0.1, 0.15) is 6.10 Å². The van der Waals surface area contributed by atoms with Crippen molar-refractivity contribution in [1.82, 2.24) is 9.88 Å². The predicted molar refractivity (Wildman–Crippen MR) is 89.8 cm³/mol. The molecule has 2 heterocycles. The van der Waals surface area contributed by atoms with Gasteiger partial charge in [-0.1, -0.05) is 18.2 Å². The standard InChI is InChI=1S/C18H21N3O2/c1-13-4-3-5-15(10-13)20-18(22)21-9-8-16(12-21)23-17-7-6-14(2)11-19-17/h3-7,10-11,16H,8-9,12H2,1-2H3,(H,20,22). The Kier molecular flexibility index (Phi) is 4.46. The second-order valence-electron chi connectivity index (χ2n) is 5.95. The molecule has 23 heavy (non-hydrogen) atoms. The number of carbonyl (C=O) groups excluding carboxylic acids is 1. The third-order valence-electron chi connectivity index (χ3n) is 3.87. The summed E-state index contributed by atoms with van der Waals surface area (Å²) in [5, 5.41) is 2.93. The molecule has 1 aromatic heterocycles. The molecule has 0 saturated carbocycles. The molecule has 0 radical (unpaired) electrons. The molecule has 0 bridgehead atoms. The van der Waals surface area contributed by atoms with Crippen molar-refractivity contribution < 1.29 is 9.53 Å². The number of amides is 2. The first-order valence-electron chi connectivity index (χ1n) is 7.82. The summed E-state index contributed by atoms with van der Waals surface area (Å²) in [5.74, 6) is 0.613. The molecule has 1 N–H and O–H groups in total. The van der Waals surface area contributed by atoms with Crippen molar-refractivity contribution in [2.24, 2.45) is 0 Å². The smallest absolute Gasteiger partial charge is 0.321 e. The van der Waals surface area contributed by atoms with Gasteiger partial charge < -0.3 is 15.0 Å². The van der Waals surface area contributed by atoms with Crippen LogP contribution in [0.1, 0.15) is 17.5 Å². The number of rotatable bonds is 3. The maximum absolute atomic E-state index is 12.3. The summed E-state index contributed by atoms with van der Waals surface area (Å²) in [6, 6.07) is 11.5. The molecule has 1 fully saturated rings. The van der Waals surface area contributed by atoms with Crippen LogP contribution >= 0.6 is 0 Å². The lowest BCUT2D eigenvalue weighted by atomic mass is 10.2. The number of aromatic nitrogens is 1. The minimum atomic E-state index is -0.0847. The lowest BCUT2D eigenvalue weighted by Gasteiger charge is -2.18. The second-order valence-corrected chi connectivity index (χ2v) is 5.95. The number of hydrogen-bond donors (Lipinski definition) is 1. The summed E-state index contributed by atoms with van der Waals surface area (Å²) < 4.78 is 5.85. The molecule has 5 heteroatoms. The molecule has 5 nitrogen and oxygen atoms in total. The maximum atomic E-state index is 12.3. The van der Waals surface area contributed by atoms with Crippen LogP contribution < -0.4 is 10.1 Å². The molecule has 1 unspecified atom stereocenters. The SMILES string of the molecule is Cc1ccc(OC2CCN(C(=O)Nc3cccc(C)c3)C2)nc1. The molecule has 1 aliphatic rings. The van der Waals surface area contributed by atoms with Gasteiger partial charge in [-0.05, 0) is 37.1 Å². The normalized spacial score (nSPS) is 17.1. The highest BCUT2D eigenvalue weighted by Crippen LogP contribution is 2.18. The van der Waals surface area contributed by atoms with Crippen molar-refractivity contribution in [3.8, 4) is 5.88 Å². The average Bonchev–Trinajstić information content (AvgIpc) is 2.98. The van der Waals surface area contributed by atoms with Crippen LogP contribution in [0.4, 0.5) is 10.5 Å². The number of aryl methyl sites for hydroxylation is 2. The van der Waals surface area contributed by atoms with Crippen molar-refractivity contribution in [1.29, 1.82) is 0 Å². The monoisotopic (exact) mass is 311 g/mol. The quantitative estimate of drug-likeness (QED) is 0.945. The number of hydrogen-bond acceptors (Lipinski definition) is 3. The van der Waals surface area contributed by atoms with Gasteiger partial charge in [-0.15, -0.1) is 0 Å². The van der Waals surface area contributed by atoms with Crippen LogP contribution in [0.5, 0.6) is 5.88 Å². The summed E-state index contributed by atoms with van der Waals surface area (Å²) in [6.07, 6.45) is 2.59. The molecule has 1 aliphatic heterocycles. The molecule has 120 valence electrons. The minimum Gasteiger partial charge on any atom is -0.472 e. The van der Waals surface area contributed by atoms with Crippen LogP contribution in [0.3, 0.4) is 0 Å². The lowest BCUT2D eigenvalue weighted by molar-refractivity contribution is 0.190. The van der Waals surface area contributed by atoms with E-state index in [-0.39, 0.29) is 12.1 Å². The Morgan fingerprint density at radius 1 is 1.26 bits per heavy atom. The number of nitrogens with one attached hydrogen (secondary N) is 1. The Morgan fingerprint density at radius 2 is 2.13 bits per heavy atom. The fourth-order valence-corrected chi connectivity index (χ4v) is 2.63. The Hall–Kier alpha value is -2.56. The zero-order chi connectivity index (χ0) is 16.2. The van der Waals surface area contributed by atoms with Gasteiger partial charge in [-0.3, -0.25) is 0 Å². The number of nitrogens with zero attached hydrogens (tertiary/aromatic N) is 2. The fraction of sp³-hybridized carbons (Fsp3) is 0.333. The van der Waals surface area contributed by atoms with Gasteiger partial charge in [0.25, 0.3) is 0 Å². The molecule has 1 aromatic carbocycles. The van der Waals surface area contributed by atoms with E-state index in [2.05, 4.69) is 10.3 Å². The number of likely N-dealkylation sites (tertiary alicyclic amines) is 1. The van der Waals surface area contributed by atoms with Crippen LogP contribution in [0.25, 0.3) is 0 Å². The van der Waals surface area contributed by atoms with Gasteiger partial charge in [0.15, 0.2) is 0 Å². The molecule has 1 saturated heterocycles. The van der Waals surface area contributed by atoms with E-state index in [0.29, 0.717) is 19.0 Å². The Bertz CT molecular complexity index is 685. The molecule has 0 aliphatic carbocycles. The number of benzene rings is 1. The average molecular weight is 311 g/mol. The van der Waals surface area contributed by atoms with Crippen LogP contribution in [-0.4, -0.2) is 35.1 Å². The summed E-state index contributed by atoms with van der Waals surface area (Å²) in [7, 11) is 0. The molecule has 3 rings (SSSR count). The number of ether oxygens (including phenoxy) is 1. The molecular formula is C18H21N3O2. The van der Waals surface area contributed by atoms with Gasteiger partial charge in [0, 0.05) is 30.9 Å². The van der Waals surface area contributed by atoms with Crippen molar-refractivity contribution in [3.63, 3.8) is 0 Å².